The van der Waals surface area contributed by atoms with Crippen LogP contribution in [0.3, 0.4) is 0 Å². The number of non-ortho nitro benzene ring substituents is 1. The number of nitro benzene ring substituents is 1. The van der Waals surface area contributed by atoms with Crippen LogP contribution in [0, 0.1) is 10.1 Å². The van der Waals surface area contributed by atoms with E-state index >= 15 is 0 Å². The molecule has 0 aliphatic carbocycles. The fourth-order valence-electron chi connectivity index (χ4n) is 3.07. The van der Waals surface area contributed by atoms with Gasteiger partial charge in [-0.3, -0.25) is 15.0 Å². The topological polar surface area (TPSA) is 84.2 Å². The largest absolute Gasteiger partial charge is 0.433 e. The number of nitro groups is 1. The van der Waals surface area contributed by atoms with Crippen LogP contribution >= 0.6 is 0 Å². The summed E-state index contributed by atoms with van der Waals surface area (Å²) in [5, 5.41) is 13.7. The number of benzene rings is 1. The maximum absolute atomic E-state index is 12.8. The third kappa shape index (κ3) is 5.13. The van der Waals surface area contributed by atoms with Gasteiger partial charge in [0.05, 0.1) is 4.92 Å². The predicted octanol–water partition coefficient (Wildman–Crippen LogP) is 3.48. The summed E-state index contributed by atoms with van der Waals surface area (Å²) in [7, 11) is 0. The van der Waals surface area contributed by atoms with Crippen LogP contribution in [0.15, 0.2) is 36.5 Å². The molecule has 3 rings (SSSR count). The van der Waals surface area contributed by atoms with Gasteiger partial charge in [-0.2, -0.15) is 13.2 Å². The second kappa shape index (κ2) is 7.87. The first-order valence-electron chi connectivity index (χ1n) is 8.44. The van der Waals surface area contributed by atoms with Gasteiger partial charge in [-0.05, 0) is 31.0 Å². The normalized spacial score (nSPS) is 18.3. The van der Waals surface area contributed by atoms with Gasteiger partial charge in [0.25, 0.3) is 5.69 Å². The van der Waals surface area contributed by atoms with E-state index in [0.717, 1.165) is 37.2 Å². The number of aromatic nitrogens is 2. The third-order valence-electron chi connectivity index (χ3n) is 4.34. The van der Waals surface area contributed by atoms with Gasteiger partial charge in [-0.1, -0.05) is 12.1 Å². The van der Waals surface area contributed by atoms with E-state index < -0.39 is 16.8 Å². The fourth-order valence-corrected chi connectivity index (χ4v) is 3.07. The van der Waals surface area contributed by atoms with Crippen molar-refractivity contribution in [2.75, 3.05) is 18.4 Å². The lowest BCUT2D eigenvalue weighted by Crippen LogP contribution is -2.42. The van der Waals surface area contributed by atoms with E-state index in [2.05, 4.69) is 20.2 Å². The lowest BCUT2D eigenvalue weighted by molar-refractivity contribution is -0.384. The highest BCUT2D eigenvalue weighted by Gasteiger charge is 2.33. The summed E-state index contributed by atoms with van der Waals surface area (Å²) in [4.78, 5) is 19.8. The van der Waals surface area contributed by atoms with Crippen molar-refractivity contribution in [3.63, 3.8) is 0 Å². The molecule has 7 nitrogen and oxygen atoms in total. The van der Waals surface area contributed by atoms with Crippen molar-refractivity contribution in [2.45, 2.75) is 31.6 Å². The van der Waals surface area contributed by atoms with Crippen LogP contribution in [-0.2, 0) is 12.7 Å². The maximum atomic E-state index is 12.8. The molecule has 10 heteroatoms. The second-order valence-corrected chi connectivity index (χ2v) is 6.41. The van der Waals surface area contributed by atoms with Crippen LogP contribution in [0.1, 0.15) is 24.1 Å². The van der Waals surface area contributed by atoms with Crippen molar-refractivity contribution in [2.24, 2.45) is 0 Å². The molecule has 1 N–H and O–H groups in total. The highest BCUT2D eigenvalue weighted by Crippen LogP contribution is 2.28. The zero-order valence-electron chi connectivity index (χ0n) is 14.3. The van der Waals surface area contributed by atoms with E-state index in [1.165, 1.54) is 12.1 Å². The summed E-state index contributed by atoms with van der Waals surface area (Å²) >= 11 is 0. The fraction of sp³-hybridized carbons (Fsp3) is 0.412. The second-order valence-electron chi connectivity index (χ2n) is 6.41. The van der Waals surface area contributed by atoms with Crippen LogP contribution in [-0.4, -0.2) is 38.9 Å². The highest BCUT2D eigenvalue weighted by atomic mass is 19.4. The molecule has 0 spiro atoms. The Hall–Kier alpha value is -2.75. The number of rotatable bonds is 5. The molecule has 1 atom stereocenters. The van der Waals surface area contributed by atoms with Crippen LogP contribution in [0.2, 0.25) is 0 Å². The summed E-state index contributed by atoms with van der Waals surface area (Å²) in [5.41, 5.74) is 0.00810. The molecule has 27 heavy (non-hydrogen) atoms. The average molecular weight is 381 g/mol. The van der Waals surface area contributed by atoms with Gasteiger partial charge in [-0.15, -0.1) is 0 Å². The highest BCUT2D eigenvalue weighted by molar-refractivity contribution is 5.33. The van der Waals surface area contributed by atoms with E-state index in [9.17, 15) is 23.3 Å². The first-order valence-corrected chi connectivity index (χ1v) is 8.44. The molecule has 1 unspecified atom stereocenters. The zero-order valence-corrected chi connectivity index (χ0v) is 14.3. The molecular weight excluding hydrogens is 363 g/mol. The molecule has 2 heterocycles. The van der Waals surface area contributed by atoms with Crippen LogP contribution < -0.4 is 5.32 Å². The van der Waals surface area contributed by atoms with Gasteiger partial charge >= 0.3 is 6.18 Å². The molecule has 0 radical (unpaired) electrons. The SMILES string of the molecule is O=[N+]([O-])c1ccc(CN2CCCC(Nc3nccc(C(F)(F)F)n3)C2)cc1. The lowest BCUT2D eigenvalue weighted by Gasteiger charge is -2.33. The Bertz CT molecular complexity index is 798. The van der Waals surface area contributed by atoms with Crippen molar-refractivity contribution in [1.82, 2.24) is 14.9 Å². The molecule has 1 aromatic heterocycles. The zero-order chi connectivity index (χ0) is 19.4. The van der Waals surface area contributed by atoms with E-state index in [-0.39, 0.29) is 17.7 Å². The first kappa shape index (κ1) is 19.0. The van der Waals surface area contributed by atoms with Crippen molar-refractivity contribution in [3.8, 4) is 0 Å². The van der Waals surface area contributed by atoms with Crippen LogP contribution in [0.5, 0.6) is 0 Å². The summed E-state index contributed by atoms with van der Waals surface area (Å²) in [6.07, 6.45) is -1.73. The summed E-state index contributed by atoms with van der Waals surface area (Å²) in [6.45, 7) is 2.08. The lowest BCUT2D eigenvalue weighted by atomic mass is 10.0. The standard InChI is InChI=1S/C17H18F3N5O2/c18-17(19,20)15-7-8-21-16(23-15)22-13-2-1-9-24(11-13)10-12-3-5-14(6-4-12)25(26)27/h3-8,13H,1-2,9-11H2,(H,21,22,23). The Morgan fingerprint density at radius 1 is 1.26 bits per heavy atom. The summed E-state index contributed by atoms with van der Waals surface area (Å²) < 4.78 is 38.3. The number of anilines is 1. The maximum Gasteiger partial charge on any atom is 0.433 e. The van der Waals surface area contributed by atoms with Gasteiger partial charge in [0.15, 0.2) is 0 Å². The Morgan fingerprint density at radius 2 is 2.00 bits per heavy atom. The van der Waals surface area contributed by atoms with E-state index in [1.54, 1.807) is 12.1 Å². The van der Waals surface area contributed by atoms with Crippen molar-refractivity contribution >= 4 is 11.6 Å². The minimum Gasteiger partial charge on any atom is -0.350 e. The minimum absolute atomic E-state index is 0.0352. The molecule has 0 saturated carbocycles. The number of hydrogen-bond donors (Lipinski definition) is 1. The number of likely N-dealkylation sites (tertiary alicyclic amines) is 1. The number of halogens is 3. The smallest absolute Gasteiger partial charge is 0.350 e. The van der Waals surface area contributed by atoms with Gasteiger partial charge in [0.1, 0.15) is 5.69 Å². The number of piperidine rings is 1. The number of nitrogens with zero attached hydrogens (tertiary/aromatic N) is 4. The summed E-state index contributed by atoms with van der Waals surface area (Å²) in [5.74, 6) is -0.0352. The molecule has 0 amide bonds. The Kier molecular flexibility index (Phi) is 5.54. The molecular formula is C17H18F3N5O2. The molecule has 144 valence electrons. The van der Waals surface area contributed by atoms with Gasteiger partial charge in [0.2, 0.25) is 5.95 Å². The molecule has 1 fully saturated rings. The number of alkyl halides is 3. The Morgan fingerprint density at radius 3 is 2.67 bits per heavy atom. The minimum atomic E-state index is -4.51. The first-order chi connectivity index (χ1) is 12.8. The molecule has 1 aliphatic rings. The Balaban J connectivity index is 1.60. The molecule has 1 saturated heterocycles. The van der Waals surface area contributed by atoms with Crippen molar-refractivity contribution in [3.05, 3.63) is 57.9 Å². The third-order valence-corrected chi connectivity index (χ3v) is 4.34. The van der Waals surface area contributed by atoms with Crippen LogP contribution in [0.4, 0.5) is 24.8 Å². The monoisotopic (exact) mass is 381 g/mol. The van der Waals surface area contributed by atoms with E-state index in [0.29, 0.717) is 13.1 Å². The van der Waals surface area contributed by atoms with Crippen molar-refractivity contribution < 1.29 is 18.1 Å². The molecule has 1 aliphatic heterocycles. The number of nitrogens with one attached hydrogen (secondary N) is 1. The van der Waals surface area contributed by atoms with Crippen molar-refractivity contribution in [1.29, 1.82) is 0 Å². The van der Waals surface area contributed by atoms with Gasteiger partial charge in [-0.25, -0.2) is 9.97 Å². The van der Waals surface area contributed by atoms with E-state index in [1.807, 2.05) is 0 Å². The summed E-state index contributed by atoms with van der Waals surface area (Å²) in [6, 6.07) is 7.13. The molecule has 2 aromatic rings. The van der Waals surface area contributed by atoms with Crippen LogP contribution in [0.25, 0.3) is 0 Å². The van der Waals surface area contributed by atoms with E-state index in [4.69, 9.17) is 0 Å². The van der Waals surface area contributed by atoms with Gasteiger partial charge < -0.3 is 5.32 Å². The quantitative estimate of drug-likeness (QED) is 0.631. The Labute approximate surface area is 153 Å². The average Bonchev–Trinajstić information content (AvgIpc) is 2.62. The number of hydrogen-bond acceptors (Lipinski definition) is 6. The molecule has 0 bridgehead atoms. The van der Waals surface area contributed by atoms with Gasteiger partial charge in [0, 0.05) is 37.5 Å². The predicted molar refractivity (Wildman–Crippen MR) is 92.1 cm³/mol. The molecule has 1 aromatic carbocycles.